The number of carbonyl (C=O) groups is 4. The number of aromatic hydroxyl groups is 1. The van der Waals surface area contributed by atoms with Gasteiger partial charge < -0.3 is 25.0 Å². The quantitative estimate of drug-likeness (QED) is 0.388. The van der Waals surface area contributed by atoms with Gasteiger partial charge in [0.2, 0.25) is 5.75 Å². The number of carbonyl (C=O) groups excluding carboxylic acids is 4. The zero-order chi connectivity index (χ0) is 30.3. The van der Waals surface area contributed by atoms with E-state index in [1.54, 1.807) is 13.0 Å². The highest BCUT2D eigenvalue weighted by Crippen LogP contribution is 2.52. The van der Waals surface area contributed by atoms with Crippen LogP contribution >= 0.6 is 0 Å². The van der Waals surface area contributed by atoms with Gasteiger partial charge in [0.05, 0.1) is 6.61 Å². The molecule has 0 unspecified atom stereocenters. The number of aryl methyl sites for hydroxylation is 1. The molecule has 1 saturated carbocycles. The Balaban J connectivity index is 1.79. The molecule has 41 heavy (non-hydrogen) atoms. The highest BCUT2D eigenvalue weighted by Gasteiger charge is 2.55. The van der Waals surface area contributed by atoms with Gasteiger partial charge in [0.1, 0.15) is 17.2 Å². The second kappa shape index (κ2) is 10.9. The third kappa shape index (κ3) is 5.40. The standard InChI is InChI=1S/C28H34FN5O7/c1-16-12-18(6-7-19(16)29)13-30-22(37)20-21(36)23(38)34-14-27(15-41-17(2)35)8-10-28(11-9-27,26(34)31-20)33(5)25(40)24(39)32(3)4/h6-7,12,36H,8-11,13-15H2,1-5H3,(H,30,37). The molecule has 3 heterocycles. The Kier molecular flexibility index (Phi) is 7.92. The first-order valence-corrected chi connectivity index (χ1v) is 13.2. The Bertz CT molecular complexity index is 1480. The van der Waals surface area contributed by atoms with Crippen molar-refractivity contribution in [1.29, 1.82) is 0 Å². The van der Waals surface area contributed by atoms with Gasteiger partial charge in [-0.25, -0.2) is 9.37 Å². The molecule has 0 atom stereocenters. The molecule has 0 spiro atoms. The number of nitrogens with zero attached hydrogens (tertiary/aromatic N) is 4. The second-order valence-electron chi connectivity index (χ2n) is 11.2. The monoisotopic (exact) mass is 571 g/mol. The van der Waals surface area contributed by atoms with Crippen LogP contribution in [0.2, 0.25) is 0 Å². The number of likely N-dealkylation sites (N-methyl/N-ethyl adjacent to an activating group) is 2. The number of fused-ring (bicyclic) bond motifs is 2. The van der Waals surface area contributed by atoms with Crippen LogP contribution in [0.3, 0.4) is 0 Å². The highest BCUT2D eigenvalue weighted by atomic mass is 19.1. The first kappa shape index (κ1) is 29.7. The minimum Gasteiger partial charge on any atom is -0.501 e. The van der Waals surface area contributed by atoms with E-state index in [0.717, 1.165) is 4.90 Å². The van der Waals surface area contributed by atoms with Crippen LogP contribution in [0.25, 0.3) is 0 Å². The Hall–Kier alpha value is -4.29. The van der Waals surface area contributed by atoms with Crippen LogP contribution in [0.5, 0.6) is 5.75 Å². The van der Waals surface area contributed by atoms with Gasteiger partial charge in [0.15, 0.2) is 5.69 Å². The summed E-state index contributed by atoms with van der Waals surface area (Å²) in [5.41, 5.74) is -2.37. The average Bonchev–Trinajstić information content (AvgIpc) is 3.17. The third-order valence-corrected chi connectivity index (χ3v) is 8.20. The molecule has 2 aliphatic heterocycles. The van der Waals surface area contributed by atoms with Crippen molar-refractivity contribution in [2.75, 3.05) is 27.7 Å². The van der Waals surface area contributed by atoms with E-state index in [1.165, 1.54) is 49.7 Å². The summed E-state index contributed by atoms with van der Waals surface area (Å²) < 4.78 is 20.2. The first-order chi connectivity index (χ1) is 19.2. The molecule has 2 bridgehead atoms. The Labute approximate surface area is 236 Å². The lowest BCUT2D eigenvalue weighted by Gasteiger charge is -2.46. The molecule has 3 amide bonds. The van der Waals surface area contributed by atoms with Gasteiger partial charge in [-0.2, -0.15) is 0 Å². The van der Waals surface area contributed by atoms with Gasteiger partial charge in [-0.05, 0) is 49.8 Å². The van der Waals surface area contributed by atoms with Crippen LogP contribution in [0, 0.1) is 18.2 Å². The molecule has 0 saturated heterocycles. The smallest absolute Gasteiger partial charge is 0.312 e. The molecule has 2 N–H and O–H groups in total. The summed E-state index contributed by atoms with van der Waals surface area (Å²) in [6.07, 6.45) is 1.38. The number of aromatic nitrogens is 2. The van der Waals surface area contributed by atoms with Crippen molar-refractivity contribution in [2.24, 2.45) is 5.41 Å². The normalized spacial score (nSPS) is 20.9. The molecule has 13 heteroatoms. The first-order valence-electron chi connectivity index (χ1n) is 13.2. The topological polar surface area (TPSA) is 151 Å². The van der Waals surface area contributed by atoms with Crippen LogP contribution < -0.4 is 10.9 Å². The zero-order valence-electron chi connectivity index (χ0n) is 23.7. The van der Waals surface area contributed by atoms with Crippen molar-refractivity contribution in [1.82, 2.24) is 24.7 Å². The van der Waals surface area contributed by atoms with E-state index in [0.29, 0.717) is 24.0 Å². The fraction of sp³-hybridized carbons (Fsp3) is 0.500. The Morgan fingerprint density at radius 3 is 2.37 bits per heavy atom. The minimum absolute atomic E-state index is 0.0126. The van der Waals surface area contributed by atoms with Gasteiger partial charge in [-0.15, -0.1) is 0 Å². The van der Waals surface area contributed by atoms with E-state index in [9.17, 15) is 33.5 Å². The maximum Gasteiger partial charge on any atom is 0.312 e. The van der Waals surface area contributed by atoms with Crippen LogP contribution in [0.15, 0.2) is 23.0 Å². The predicted molar refractivity (Wildman–Crippen MR) is 143 cm³/mol. The fourth-order valence-electron chi connectivity index (χ4n) is 5.66. The molecule has 220 valence electrons. The number of nitrogens with one attached hydrogen (secondary N) is 1. The summed E-state index contributed by atoms with van der Waals surface area (Å²) >= 11 is 0. The number of hydrogen-bond acceptors (Lipinski definition) is 8. The summed E-state index contributed by atoms with van der Waals surface area (Å²) in [5, 5.41) is 13.5. The maximum absolute atomic E-state index is 13.7. The van der Waals surface area contributed by atoms with E-state index in [2.05, 4.69) is 10.3 Å². The molecule has 1 aliphatic carbocycles. The Morgan fingerprint density at radius 2 is 1.78 bits per heavy atom. The summed E-state index contributed by atoms with van der Waals surface area (Å²) in [4.78, 5) is 71.2. The Morgan fingerprint density at radius 1 is 1.12 bits per heavy atom. The van der Waals surface area contributed by atoms with Crippen LogP contribution in [0.1, 0.15) is 60.0 Å². The average molecular weight is 572 g/mol. The molecule has 1 aromatic carbocycles. The number of hydrogen-bond donors (Lipinski definition) is 2. The lowest BCUT2D eigenvalue weighted by atomic mass is 9.68. The number of ether oxygens (including phenoxy) is 1. The van der Waals surface area contributed by atoms with Gasteiger partial charge in [0.25, 0.3) is 11.5 Å². The molecule has 12 nitrogen and oxygen atoms in total. The predicted octanol–water partition coefficient (Wildman–Crippen LogP) is 1.21. The summed E-state index contributed by atoms with van der Waals surface area (Å²) in [6, 6.07) is 4.34. The minimum atomic E-state index is -1.26. The van der Waals surface area contributed by atoms with Crippen molar-refractivity contribution >= 4 is 23.7 Å². The number of amides is 3. The molecule has 1 fully saturated rings. The number of halogens is 1. The molecular weight excluding hydrogens is 537 g/mol. The van der Waals surface area contributed by atoms with Crippen molar-refractivity contribution < 1.29 is 33.4 Å². The third-order valence-electron chi connectivity index (χ3n) is 8.20. The number of rotatable bonds is 6. The van der Waals surface area contributed by atoms with Crippen molar-refractivity contribution in [3.63, 3.8) is 0 Å². The second-order valence-corrected chi connectivity index (χ2v) is 11.2. The van der Waals surface area contributed by atoms with E-state index in [4.69, 9.17) is 4.74 Å². The lowest BCUT2D eigenvalue weighted by Crippen LogP contribution is -2.54. The largest absolute Gasteiger partial charge is 0.501 e. The maximum atomic E-state index is 13.7. The van der Waals surface area contributed by atoms with E-state index in [-0.39, 0.29) is 38.4 Å². The van der Waals surface area contributed by atoms with Gasteiger partial charge in [-0.3, -0.25) is 28.5 Å². The van der Waals surface area contributed by atoms with Crippen molar-refractivity contribution in [3.05, 3.63) is 57.0 Å². The van der Waals surface area contributed by atoms with Crippen LogP contribution in [0.4, 0.5) is 4.39 Å². The van der Waals surface area contributed by atoms with Gasteiger partial charge in [-0.1, -0.05) is 12.1 Å². The van der Waals surface area contributed by atoms with Gasteiger partial charge in [0, 0.05) is 46.6 Å². The number of esters is 1. The highest BCUT2D eigenvalue weighted by molar-refractivity contribution is 6.34. The van der Waals surface area contributed by atoms with Crippen LogP contribution in [-0.2, 0) is 37.7 Å². The molecule has 0 radical (unpaired) electrons. The van der Waals surface area contributed by atoms with E-state index in [1.807, 2.05) is 0 Å². The molecule has 2 aromatic rings. The van der Waals surface area contributed by atoms with Crippen LogP contribution in [-0.4, -0.2) is 75.9 Å². The lowest BCUT2D eigenvalue weighted by molar-refractivity contribution is -0.156. The zero-order valence-corrected chi connectivity index (χ0v) is 23.7. The summed E-state index contributed by atoms with van der Waals surface area (Å²) in [7, 11) is 4.35. The summed E-state index contributed by atoms with van der Waals surface area (Å²) in [5.74, 6) is -4.13. The summed E-state index contributed by atoms with van der Waals surface area (Å²) in [6.45, 7) is 2.88. The molecule has 5 rings (SSSR count). The SMILES string of the molecule is CC(=O)OCC12CCC(N(C)C(=O)C(=O)N(C)C)(CC1)c1nc(C(=O)NCc3ccc(F)c(C)c3)c(O)c(=O)n1C2. The molecular formula is C28H34FN5O7. The number of benzene rings is 1. The van der Waals surface area contributed by atoms with Crippen molar-refractivity contribution in [2.45, 2.75) is 58.2 Å². The fourth-order valence-corrected chi connectivity index (χ4v) is 5.66. The van der Waals surface area contributed by atoms with Gasteiger partial charge >= 0.3 is 17.8 Å². The van der Waals surface area contributed by atoms with E-state index < -0.39 is 57.5 Å². The molecule has 1 aromatic heterocycles. The van der Waals surface area contributed by atoms with Crippen molar-refractivity contribution in [3.8, 4) is 5.75 Å². The van der Waals surface area contributed by atoms with E-state index >= 15 is 0 Å². The molecule has 3 aliphatic rings.